The maximum atomic E-state index is 13.3. The Kier molecular flexibility index (Phi) is 5.94. The van der Waals surface area contributed by atoms with Crippen LogP contribution in [0.15, 0.2) is 54.6 Å². The molecule has 1 aliphatic carbocycles. The van der Waals surface area contributed by atoms with Crippen LogP contribution in [0.1, 0.15) is 55.1 Å². The number of anilines is 1. The first-order valence-electron chi connectivity index (χ1n) is 11.9. The fourth-order valence-corrected chi connectivity index (χ4v) is 4.72. The summed E-state index contributed by atoms with van der Waals surface area (Å²) in [5, 5.41) is 7.07. The molecule has 33 heavy (non-hydrogen) atoms. The van der Waals surface area contributed by atoms with Gasteiger partial charge in [0, 0.05) is 42.2 Å². The highest BCUT2D eigenvalue weighted by Crippen LogP contribution is 2.30. The molecule has 0 bridgehead atoms. The van der Waals surface area contributed by atoms with Crippen molar-refractivity contribution < 1.29 is 14.3 Å². The molecule has 1 aliphatic heterocycles. The Labute approximate surface area is 194 Å². The van der Waals surface area contributed by atoms with Gasteiger partial charge in [0.2, 0.25) is 5.91 Å². The number of aromatic nitrogens is 1. The summed E-state index contributed by atoms with van der Waals surface area (Å²) in [6.45, 7) is 3.88. The van der Waals surface area contributed by atoms with Crippen LogP contribution in [0.5, 0.6) is 0 Å². The van der Waals surface area contributed by atoms with Crippen LogP contribution in [0.4, 0.5) is 5.69 Å². The monoisotopic (exact) mass is 445 g/mol. The quantitative estimate of drug-likeness (QED) is 0.552. The van der Waals surface area contributed by atoms with Crippen molar-refractivity contribution in [1.82, 2.24) is 9.88 Å². The molecule has 1 unspecified atom stereocenters. The van der Waals surface area contributed by atoms with Crippen molar-refractivity contribution in [2.24, 2.45) is 5.92 Å². The average molecular weight is 446 g/mol. The zero-order valence-electron chi connectivity index (χ0n) is 19.1. The number of carbonyl (C=O) groups excluding carboxylic acids is 2. The second kappa shape index (κ2) is 9.02. The van der Waals surface area contributed by atoms with Gasteiger partial charge in [0.15, 0.2) is 0 Å². The van der Waals surface area contributed by atoms with Gasteiger partial charge in [-0.15, -0.1) is 0 Å². The molecule has 1 aromatic heterocycles. The highest BCUT2D eigenvalue weighted by atomic mass is 16.5. The fourth-order valence-electron chi connectivity index (χ4n) is 4.72. The summed E-state index contributed by atoms with van der Waals surface area (Å²) in [5.74, 6) is 0.106. The molecule has 6 nitrogen and oxygen atoms in total. The van der Waals surface area contributed by atoms with Gasteiger partial charge in [0.1, 0.15) is 5.69 Å². The van der Waals surface area contributed by atoms with E-state index in [9.17, 15) is 9.59 Å². The van der Waals surface area contributed by atoms with Gasteiger partial charge in [-0.3, -0.25) is 9.59 Å². The molecular weight excluding hydrogens is 414 g/mol. The molecule has 2 N–H and O–H groups in total. The number of hydrogen-bond acceptors (Lipinski definition) is 3. The van der Waals surface area contributed by atoms with Crippen LogP contribution in [-0.4, -0.2) is 35.1 Å². The van der Waals surface area contributed by atoms with Gasteiger partial charge in [0.05, 0.1) is 5.60 Å². The number of hydrogen-bond donors (Lipinski definition) is 2. The first-order valence-corrected chi connectivity index (χ1v) is 11.9. The lowest BCUT2D eigenvalue weighted by Gasteiger charge is -2.24. The van der Waals surface area contributed by atoms with Gasteiger partial charge < -0.3 is 19.9 Å². The number of rotatable bonds is 7. The smallest absolute Gasteiger partial charge is 0.268 e. The number of ether oxygens (including phenoxy) is 1. The fraction of sp³-hybridized carbons (Fsp3) is 0.407. The van der Waals surface area contributed by atoms with Crippen molar-refractivity contribution in [3.8, 4) is 0 Å². The van der Waals surface area contributed by atoms with E-state index in [1.807, 2.05) is 42.5 Å². The maximum Gasteiger partial charge on any atom is 0.268 e. The molecule has 2 aromatic carbocycles. The Hall–Kier alpha value is -3.12. The van der Waals surface area contributed by atoms with Gasteiger partial charge in [-0.1, -0.05) is 36.8 Å². The third-order valence-corrected chi connectivity index (χ3v) is 6.98. The SMILES string of the molecule is CC1(CNC(=O)c2cc3cc(NC(=O)C4CCC4)ccc3n2Cc2ccccc2)CCCO1. The lowest BCUT2D eigenvalue weighted by molar-refractivity contribution is -0.122. The third kappa shape index (κ3) is 4.67. The van der Waals surface area contributed by atoms with E-state index in [2.05, 4.69) is 34.3 Å². The van der Waals surface area contributed by atoms with Gasteiger partial charge in [0.25, 0.3) is 5.91 Å². The van der Waals surface area contributed by atoms with Gasteiger partial charge in [-0.2, -0.15) is 0 Å². The summed E-state index contributed by atoms with van der Waals surface area (Å²) in [5.41, 5.74) is 3.17. The van der Waals surface area contributed by atoms with E-state index in [4.69, 9.17) is 4.74 Å². The Morgan fingerprint density at radius 2 is 1.91 bits per heavy atom. The summed E-state index contributed by atoms with van der Waals surface area (Å²) in [4.78, 5) is 25.7. The van der Waals surface area contributed by atoms with Crippen LogP contribution in [0.2, 0.25) is 0 Å². The molecule has 3 aromatic rings. The van der Waals surface area contributed by atoms with Crippen molar-refractivity contribution in [2.75, 3.05) is 18.5 Å². The van der Waals surface area contributed by atoms with Crippen LogP contribution >= 0.6 is 0 Å². The summed E-state index contributed by atoms with van der Waals surface area (Å²) in [6, 6.07) is 17.9. The lowest BCUT2D eigenvalue weighted by atomic mass is 9.85. The van der Waals surface area contributed by atoms with Gasteiger partial charge in [-0.25, -0.2) is 0 Å². The number of nitrogens with one attached hydrogen (secondary N) is 2. The van der Waals surface area contributed by atoms with Crippen LogP contribution < -0.4 is 10.6 Å². The normalized spacial score (nSPS) is 20.5. The highest BCUT2D eigenvalue weighted by molar-refractivity contribution is 6.01. The Morgan fingerprint density at radius 3 is 2.61 bits per heavy atom. The zero-order chi connectivity index (χ0) is 22.8. The molecule has 6 heteroatoms. The molecule has 172 valence electrons. The van der Waals surface area contributed by atoms with Crippen molar-refractivity contribution in [3.05, 3.63) is 65.9 Å². The molecule has 2 fully saturated rings. The number of fused-ring (bicyclic) bond motifs is 1. The van der Waals surface area contributed by atoms with E-state index >= 15 is 0 Å². The molecule has 5 rings (SSSR count). The first-order chi connectivity index (χ1) is 16.0. The number of carbonyl (C=O) groups is 2. The number of amides is 2. The Morgan fingerprint density at radius 1 is 1.09 bits per heavy atom. The summed E-state index contributed by atoms with van der Waals surface area (Å²) in [7, 11) is 0. The molecule has 0 spiro atoms. The molecule has 1 saturated carbocycles. The van der Waals surface area contributed by atoms with Crippen molar-refractivity contribution in [3.63, 3.8) is 0 Å². The Balaban J connectivity index is 1.43. The van der Waals surface area contributed by atoms with Crippen LogP contribution in [0.25, 0.3) is 10.9 Å². The maximum absolute atomic E-state index is 13.3. The highest BCUT2D eigenvalue weighted by Gasteiger charge is 2.31. The van der Waals surface area contributed by atoms with Crippen LogP contribution in [0, 0.1) is 5.92 Å². The standard InChI is InChI=1S/C27H31N3O3/c1-27(13-6-14-33-27)18-28-26(32)24-16-21-15-22(29-25(31)20-9-5-10-20)11-12-23(21)30(24)17-19-7-3-2-4-8-19/h2-4,7-8,11-12,15-16,20H,5-6,9-10,13-14,17-18H2,1H3,(H,28,32)(H,29,31). The van der Waals surface area contributed by atoms with E-state index in [-0.39, 0.29) is 23.3 Å². The molecule has 2 aliphatic rings. The third-order valence-electron chi connectivity index (χ3n) is 6.98. The Bertz CT molecular complexity index is 1160. The van der Waals surface area contributed by atoms with E-state index in [0.29, 0.717) is 18.8 Å². The minimum Gasteiger partial charge on any atom is -0.373 e. The second-order valence-corrected chi connectivity index (χ2v) is 9.58. The zero-order valence-corrected chi connectivity index (χ0v) is 19.1. The minimum atomic E-state index is -0.301. The van der Waals surface area contributed by atoms with E-state index in [1.165, 1.54) is 0 Å². The number of benzene rings is 2. The first kappa shape index (κ1) is 21.7. The molecule has 1 saturated heterocycles. The summed E-state index contributed by atoms with van der Waals surface area (Å²) < 4.78 is 7.89. The predicted molar refractivity (Wildman–Crippen MR) is 129 cm³/mol. The van der Waals surface area contributed by atoms with E-state index < -0.39 is 0 Å². The van der Waals surface area contributed by atoms with Crippen LogP contribution in [-0.2, 0) is 16.1 Å². The minimum absolute atomic E-state index is 0.0899. The summed E-state index contributed by atoms with van der Waals surface area (Å²) in [6.07, 6.45) is 5.03. The molecule has 1 atom stereocenters. The largest absolute Gasteiger partial charge is 0.373 e. The second-order valence-electron chi connectivity index (χ2n) is 9.58. The van der Waals surface area contributed by atoms with Crippen molar-refractivity contribution in [2.45, 2.75) is 51.2 Å². The number of nitrogens with zero attached hydrogens (tertiary/aromatic N) is 1. The van der Waals surface area contributed by atoms with Crippen molar-refractivity contribution >= 4 is 28.4 Å². The van der Waals surface area contributed by atoms with Gasteiger partial charge in [-0.05, 0) is 62.4 Å². The van der Waals surface area contributed by atoms with E-state index in [1.54, 1.807) is 0 Å². The lowest BCUT2D eigenvalue weighted by Crippen LogP contribution is -2.40. The molecule has 2 heterocycles. The molecule has 0 radical (unpaired) electrons. The summed E-state index contributed by atoms with van der Waals surface area (Å²) >= 11 is 0. The van der Waals surface area contributed by atoms with Crippen molar-refractivity contribution in [1.29, 1.82) is 0 Å². The predicted octanol–water partition coefficient (Wildman–Crippen LogP) is 4.73. The average Bonchev–Trinajstić information content (AvgIpc) is 3.36. The molecule has 2 amide bonds. The molecular formula is C27H31N3O3. The van der Waals surface area contributed by atoms with Gasteiger partial charge >= 0.3 is 0 Å². The topological polar surface area (TPSA) is 72.4 Å². The van der Waals surface area contributed by atoms with Crippen LogP contribution in [0.3, 0.4) is 0 Å². The van der Waals surface area contributed by atoms with E-state index in [0.717, 1.165) is 60.9 Å².